The fraction of sp³-hybridized carbons (Fsp3) is 0.476. The number of ketones is 1. The lowest BCUT2D eigenvalue weighted by atomic mass is 9.87. The van der Waals surface area contributed by atoms with Gasteiger partial charge in [0, 0.05) is 18.9 Å². The van der Waals surface area contributed by atoms with Gasteiger partial charge in [-0.2, -0.15) is 0 Å². The smallest absolute Gasteiger partial charge is 0.233 e. The van der Waals surface area contributed by atoms with E-state index in [1.807, 2.05) is 0 Å². The standard InChI is InChI=1S/C21H24N2O5S/c1-13-10-20(23-28-13)22-21(25)19(12-14-2-5-16(24)11-14)15-3-6-17(7-4-15)29(26,27)18-8-9-18/h3-4,6-7,10,14,18-19H,2,5,8-9,11-12H2,1H3,(H,22,23,25)/t14?,19-/m1/s1. The fourth-order valence-electron chi connectivity index (χ4n) is 3.92. The Morgan fingerprint density at radius 3 is 2.52 bits per heavy atom. The van der Waals surface area contributed by atoms with Gasteiger partial charge in [0.2, 0.25) is 5.91 Å². The molecule has 1 amide bonds. The summed E-state index contributed by atoms with van der Waals surface area (Å²) in [4.78, 5) is 25.0. The molecule has 1 N–H and O–H groups in total. The summed E-state index contributed by atoms with van der Waals surface area (Å²) in [6, 6.07) is 8.24. The lowest BCUT2D eigenvalue weighted by molar-refractivity contribution is -0.119. The molecule has 7 nitrogen and oxygen atoms in total. The number of hydrogen-bond donors (Lipinski definition) is 1. The lowest BCUT2D eigenvalue weighted by Crippen LogP contribution is -2.23. The van der Waals surface area contributed by atoms with E-state index in [-0.39, 0.29) is 22.9 Å². The van der Waals surface area contributed by atoms with Gasteiger partial charge in [0.15, 0.2) is 15.7 Å². The maximum atomic E-state index is 13.0. The third kappa shape index (κ3) is 4.42. The molecule has 2 aromatic rings. The summed E-state index contributed by atoms with van der Waals surface area (Å²) in [5, 5.41) is 6.31. The van der Waals surface area contributed by atoms with E-state index in [9.17, 15) is 18.0 Å². The highest BCUT2D eigenvalue weighted by Crippen LogP contribution is 2.36. The van der Waals surface area contributed by atoms with Gasteiger partial charge < -0.3 is 9.84 Å². The van der Waals surface area contributed by atoms with Crippen molar-refractivity contribution in [2.24, 2.45) is 5.92 Å². The van der Waals surface area contributed by atoms with Crippen molar-refractivity contribution in [3.63, 3.8) is 0 Å². The van der Waals surface area contributed by atoms with Gasteiger partial charge in [0.05, 0.1) is 16.1 Å². The monoisotopic (exact) mass is 416 g/mol. The molecule has 1 heterocycles. The first-order chi connectivity index (χ1) is 13.8. The summed E-state index contributed by atoms with van der Waals surface area (Å²) < 4.78 is 29.9. The van der Waals surface area contributed by atoms with E-state index in [0.29, 0.717) is 48.6 Å². The van der Waals surface area contributed by atoms with Crippen molar-refractivity contribution < 1.29 is 22.5 Å². The number of nitrogens with one attached hydrogen (secondary N) is 1. The highest BCUT2D eigenvalue weighted by Gasteiger charge is 2.37. The summed E-state index contributed by atoms with van der Waals surface area (Å²) >= 11 is 0. The number of nitrogens with zero attached hydrogens (tertiary/aromatic N) is 1. The molecule has 154 valence electrons. The van der Waals surface area contributed by atoms with Crippen molar-refractivity contribution >= 4 is 27.3 Å². The van der Waals surface area contributed by atoms with Crippen molar-refractivity contribution in [3.05, 3.63) is 41.7 Å². The Bertz CT molecular complexity index is 1020. The predicted octanol–water partition coefficient (Wildman–Crippen LogP) is 3.40. The zero-order valence-electron chi connectivity index (χ0n) is 16.3. The van der Waals surface area contributed by atoms with Crippen molar-refractivity contribution in [3.8, 4) is 0 Å². The molecule has 0 spiro atoms. The Kier molecular flexibility index (Phi) is 5.29. The Balaban J connectivity index is 1.56. The van der Waals surface area contributed by atoms with E-state index in [1.165, 1.54) is 0 Å². The molecule has 2 aliphatic rings. The summed E-state index contributed by atoms with van der Waals surface area (Å²) in [6.07, 6.45) is 3.77. The zero-order chi connectivity index (χ0) is 20.6. The topological polar surface area (TPSA) is 106 Å². The van der Waals surface area contributed by atoms with Crippen LogP contribution in [0.4, 0.5) is 5.82 Å². The van der Waals surface area contributed by atoms with Gasteiger partial charge in [-0.3, -0.25) is 9.59 Å². The number of carbonyl (C=O) groups is 2. The largest absolute Gasteiger partial charge is 0.360 e. The molecule has 2 saturated carbocycles. The summed E-state index contributed by atoms with van der Waals surface area (Å²) in [5.41, 5.74) is 0.733. The van der Waals surface area contributed by atoms with Crippen molar-refractivity contribution in [2.75, 3.05) is 5.32 Å². The minimum absolute atomic E-state index is 0.146. The Hall–Kier alpha value is -2.48. The first kappa shape index (κ1) is 19.8. The first-order valence-corrected chi connectivity index (χ1v) is 11.5. The second kappa shape index (κ2) is 7.74. The van der Waals surface area contributed by atoms with Crippen LogP contribution in [0.5, 0.6) is 0 Å². The van der Waals surface area contributed by atoms with Crippen LogP contribution in [0.15, 0.2) is 39.8 Å². The molecule has 0 bridgehead atoms. The summed E-state index contributed by atoms with van der Waals surface area (Å²) in [6.45, 7) is 1.74. The Labute approximate surface area is 169 Å². The second-order valence-electron chi connectivity index (χ2n) is 8.06. The van der Waals surface area contributed by atoms with E-state index in [0.717, 1.165) is 12.0 Å². The van der Waals surface area contributed by atoms with Gasteiger partial charge in [-0.15, -0.1) is 0 Å². The van der Waals surface area contributed by atoms with Crippen LogP contribution in [-0.2, 0) is 19.4 Å². The van der Waals surface area contributed by atoms with Crippen molar-refractivity contribution in [2.45, 2.75) is 61.5 Å². The molecule has 2 aliphatic carbocycles. The third-order valence-electron chi connectivity index (χ3n) is 5.69. The molecule has 0 saturated heterocycles. The number of Topliss-reactive ketones (excluding diaryl/α,β-unsaturated/α-hetero) is 1. The number of sulfone groups is 1. The van der Waals surface area contributed by atoms with Crippen LogP contribution in [0.1, 0.15) is 55.8 Å². The van der Waals surface area contributed by atoms with E-state index < -0.39 is 15.8 Å². The number of hydrogen-bond acceptors (Lipinski definition) is 6. The van der Waals surface area contributed by atoms with Crippen LogP contribution in [0.2, 0.25) is 0 Å². The zero-order valence-corrected chi connectivity index (χ0v) is 17.1. The molecule has 1 aromatic carbocycles. The van der Waals surface area contributed by atoms with Crippen LogP contribution in [-0.4, -0.2) is 30.5 Å². The number of aryl methyl sites for hydroxylation is 1. The van der Waals surface area contributed by atoms with Crippen LogP contribution >= 0.6 is 0 Å². The number of benzene rings is 1. The number of amides is 1. The molecule has 4 rings (SSSR count). The van der Waals surface area contributed by atoms with Gasteiger partial charge in [0.25, 0.3) is 0 Å². The highest BCUT2D eigenvalue weighted by molar-refractivity contribution is 7.92. The van der Waals surface area contributed by atoms with E-state index >= 15 is 0 Å². The fourth-order valence-corrected chi connectivity index (χ4v) is 5.58. The van der Waals surface area contributed by atoms with E-state index in [2.05, 4.69) is 10.5 Å². The molecule has 2 atom stereocenters. The number of carbonyl (C=O) groups excluding carboxylic acids is 2. The van der Waals surface area contributed by atoms with Crippen molar-refractivity contribution in [1.82, 2.24) is 5.16 Å². The SMILES string of the molecule is Cc1cc(NC(=O)[C@H](CC2CCC(=O)C2)c2ccc(S(=O)(=O)C3CC3)cc2)no1. The van der Waals surface area contributed by atoms with Crippen LogP contribution in [0.3, 0.4) is 0 Å². The Morgan fingerprint density at radius 2 is 1.97 bits per heavy atom. The lowest BCUT2D eigenvalue weighted by Gasteiger charge is -2.20. The maximum absolute atomic E-state index is 13.0. The molecule has 0 aliphatic heterocycles. The highest BCUT2D eigenvalue weighted by atomic mass is 32.2. The molecule has 29 heavy (non-hydrogen) atoms. The molecule has 8 heteroatoms. The summed E-state index contributed by atoms with van der Waals surface area (Å²) in [5.74, 6) is 0.566. The van der Waals surface area contributed by atoms with Gasteiger partial charge in [-0.05, 0) is 56.2 Å². The Morgan fingerprint density at radius 1 is 1.24 bits per heavy atom. The van der Waals surface area contributed by atoms with Gasteiger partial charge in [0.1, 0.15) is 11.5 Å². The van der Waals surface area contributed by atoms with Crippen molar-refractivity contribution in [1.29, 1.82) is 0 Å². The van der Waals surface area contributed by atoms with Gasteiger partial charge in [-0.1, -0.05) is 17.3 Å². The summed E-state index contributed by atoms with van der Waals surface area (Å²) in [7, 11) is -3.27. The van der Waals surface area contributed by atoms with Gasteiger partial charge >= 0.3 is 0 Å². The number of anilines is 1. The third-order valence-corrected chi connectivity index (χ3v) is 7.97. The normalized spacial score (nSPS) is 20.6. The van der Waals surface area contributed by atoms with Crippen LogP contribution < -0.4 is 5.32 Å². The van der Waals surface area contributed by atoms with Crippen LogP contribution in [0.25, 0.3) is 0 Å². The van der Waals surface area contributed by atoms with E-state index in [4.69, 9.17) is 4.52 Å². The molecule has 1 aromatic heterocycles. The molecule has 2 fully saturated rings. The predicted molar refractivity (Wildman–Crippen MR) is 106 cm³/mol. The molecule has 1 unspecified atom stereocenters. The minimum atomic E-state index is -3.27. The molecule has 0 radical (unpaired) electrons. The number of aromatic nitrogens is 1. The molecular formula is C21H24N2O5S. The van der Waals surface area contributed by atoms with Gasteiger partial charge in [-0.25, -0.2) is 8.42 Å². The van der Waals surface area contributed by atoms with Crippen LogP contribution in [0, 0.1) is 12.8 Å². The van der Waals surface area contributed by atoms with E-state index in [1.54, 1.807) is 37.3 Å². The quantitative estimate of drug-likeness (QED) is 0.741. The first-order valence-electron chi connectivity index (χ1n) is 9.92. The number of rotatable bonds is 7. The minimum Gasteiger partial charge on any atom is -0.360 e. The maximum Gasteiger partial charge on any atom is 0.233 e. The average molecular weight is 416 g/mol. The second-order valence-corrected chi connectivity index (χ2v) is 10.3. The average Bonchev–Trinajstić information content (AvgIpc) is 3.37. The molecular weight excluding hydrogens is 392 g/mol.